The van der Waals surface area contributed by atoms with E-state index in [1.165, 1.54) is 37.9 Å². The normalized spacial score (nSPS) is 15.5. The van der Waals surface area contributed by atoms with Crippen LogP contribution in [-0.2, 0) is 5.41 Å². The maximum Gasteiger partial charge on any atom is 0.145 e. The van der Waals surface area contributed by atoms with Crippen LogP contribution in [-0.4, -0.2) is 9.55 Å². The summed E-state index contributed by atoms with van der Waals surface area (Å²) in [7, 11) is 0. The summed E-state index contributed by atoms with van der Waals surface area (Å²) in [6.07, 6.45) is 5.76. The number of imidazole rings is 1. The molecule has 3 heteroatoms. The minimum Gasteiger partial charge on any atom is -0.292 e. The Balaban J connectivity index is 1.05. The second-order valence-electron chi connectivity index (χ2n) is 13.1. The number of para-hydroxylation sites is 3. The van der Waals surface area contributed by atoms with E-state index in [-0.39, 0.29) is 5.41 Å². The molecule has 0 spiro atoms. The summed E-state index contributed by atoms with van der Waals surface area (Å²) in [6.45, 7) is 2.34. The van der Waals surface area contributed by atoms with Crippen molar-refractivity contribution in [3.8, 4) is 34.3 Å². The molecule has 0 radical (unpaired) electrons. The largest absolute Gasteiger partial charge is 0.292 e. The van der Waals surface area contributed by atoms with E-state index in [1.807, 2.05) is 30.3 Å². The van der Waals surface area contributed by atoms with Crippen molar-refractivity contribution in [2.45, 2.75) is 18.8 Å². The highest BCUT2D eigenvalue weighted by molar-refractivity contribution is 5.91. The zero-order valence-corrected chi connectivity index (χ0v) is 26.6. The van der Waals surface area contributed by atoms with Crippen molar-refractivity contribution < 1.29 is 0 Å². The van der Waals surface area contributed by atoms with Gasteiger partial charge in [0.25, 0.3) is 0 Å². The van der Waals surface area contributed by atoms with Crippen LogP contribution in [0, 0.1) is 11.3 Å². The first-order valence-electron chi connectivity index (χ1n) is 16.4. The second-order valence-corrected chi connectivity index (χ2v) is 13.1. The second kappa shape index (κ2) is 10.9. The first kappa shape index (κ1) is 28.0. The third kappa shape index (κ3) is 4.70. The lowest BCUT2D eigenvalue weighted by atomic mass is 9.75. The van der Waals surface area contributed by atoms with Crippen LogP contribution in [0.2, 0.25) is 0 Å². The van der Waals surface area contributed by atoms with Gasteiger partial charge in [-0.05, 0) is 110 Å². The van der Waals surface area contributed by atoms with E-state index in [9.17, 15) is 5.26 Å². The first-order valence-corrected chi connectivity index (χ1v) is 16.4. The summed E-state index contributed by atoms with van der Waals surface area (Å²) in [5.74, 6) is 0.948. The van der Waals surface area contributed by atoms with Crippen molar-refractivity contribution in [3.05, 3.63) is 167 Å². The van der Waals surface area contributed by atoms with Crippen LogP contribution < -0.4 is 10.4 Å². The van der Waals surface area contributed by atoms with Gasteiger partial charge in [-0.2, -0.15) is 5.26 Å². The number of rotatable bonds is 4. The fourth-order valence-corrected chi connectivity index (χ4v) is 7.28. The van der Waals surface area contributed by atoms with Crippen LogP contribution in [0.25, 0.3) is 72.9 Å². The van der Waals surface area contributed by atoms with E-state index in [4.69, 9.17) is 4.98 Å². The Morgan fingerprint density at radius 3 is 2.15 bits per heavy atom. The van der Waals surface area contributed by atoms with Gasteiger partial charge in [0.2, 0.25) is 0 Å². The highest BCUT2D eigenvalue weighted by Crippen LogP contribution is 2.36. The lowest BCUT2D eigenvalue weighted by molar-refractivity contribution is 0.654. The van der Waals surface area contributed by atoms with Crippen molar-refractivity contribution in [2.24, 2.45) is 0 Å². The Hall–Kier alpha value is -6.24. The van der Waals surface area contributed by atoms with Gasteiger partial charge in [0.1, 0.15) is 5.82 Å². The molecule has 48 heavy (non-hydrogen) atoms. The number of hydrogen-bond acceptors (Lipinski definition) is 2. The fraction of sp³-hybridized carbons (Fsp3) is 0.0667. The van der Waals surface area contributed by atoms with Crippen molar-refractivity contribution in [2.75, 3.05) is 0 Å². The molecule has 0 aliphatic heterocycles. The van der Waals surface area contributed by atoms with Gasteiger partial charge in [0.15, 0.2) is 0 Å². The molecule has 0 saturated heterocycles. The van der Waals surface area contributed by atoms with Crippen molar-refractivity contribution in [1.29, 1.82) is 5.26 Å². The SMILES string of the molecule is CC1(c2ccc3cc(-c4nc5ccccc5n4-c4ccccc4)ccc3c2)C=c2ccc(-c3ccc4cc(C#N)ccc4c3)cc2=CC1. The predicted molar refractivity (Wildman–Crippen MR) is 198 cm³/mol. The molecule has 1 atom stereocenters. The van der Waals surface area contributed by atoms with Crippen LogP contribution in [0.4, 0.5) is 0 Å². The Kier molecular flexibility index (Phi) is 6.38. The Bertz CT molecular complexity index is 2730. The van der Waals surface area contributed by atoms with Crippen LogP contribution in [0.3, 0.4) is 0 Å². The Morgan fingerprint density at radius 2 is 1.29 bits per heavy atom. The molecule has 226 valence electrons. The maximum absolute atomic E-state index is 9.25. The molecule has 0 bridgehead atoms. The monoisotopic (exact) mass is 613 g/mol. The zero-order valence-electron chi connectivity index (χ0n) is 26.6. The molecule has 8 aromatic rings. The third-order valence-electron chi connectivity index (χ3n) is 9.94. The Morgan fingerprint density at radius 1 is 0.625 bits per heavy atom. The van der Waals surface area contributed by atoms with Gasteiger partial charge in [0, 0.05) is 16.7 Å². The van der Waals surface area contributed by atoms with E-state index in [1.54, 1.807) is 0 Å². The third-order valence-corrected chi connectivity index (χ3v) is 9.94. The van der Waals surface area contributed by atoms with Gasteiger partial charge in [-0.15, -0.1) is 0 Å². The highest BCUT2D eigenvalue weighted by Gasteiger charge is 2.25. The van der Waals surface area contributed by atoms with Gasteiger partial charge in [0.05, 0.1) is 22.7 Å². The molecular weight excluding hydrogens is 583 g/mol. The minimum absolute atomic E-state index is 0.107. The van der Waals surface area contributed by atoms with E-state index in [2.05, 4.69) is 145 Å². The van der Waals surface area contributed by atoms with Crippen molar-refractivity contribution in [3.63, 3.8) is 0 Å². The van der Waals surface area contributed by atoms with Crippen LogP contribution in [0.1, 0.15) is 24.5 Å². The number of nitriles is 1. The van der Waals surface area contributed by atoms with Crippen LogP contribution >= 0.6 is 0 Å². The molecule has 1 aromatic heterocycles. The zero-order chi connectivity index (χ0) is 32.2. The van der Waals surface area contributed by atoms with E-state index >= 15 is 0 Å². The number of benzene rings is 7. The van der Waals surface area contributed by atoms with Gasteiger partial charge < -0.3 is 0 Å². The van der Waals surface area contributed by atoms with Gasteiger partial charge in [-0.3, -0.25) is 4.57 Å². The minimum atomic E-state index is -0.107. The molecule has 3 nitrogen and oxygen atoms in total. The number of aromatic nitrogens is 2. The molecule has 7 aromatic carbocycles. The molecule has 1 heterocycles. The van der Waals surface area contributed by atoms with Crippen molar-refractivity contribution >= 4 is 44.7 Å². The van der Waals surface area contributed by atoms with Gasteiger partial charge in [-0.25, -0.2) is 4.98 Å². The first-order chi connectivity index (χ1) is 23.5. The number of nitrogens with zero attached hydrogens (tertiary/aromatic N) is 3. The maximum atomic E-state index is 9.25. The summed E-state index contributed by atoms with van der Waals surface area (Å²) < 4.78 is 2.26. The topological polar surface area (TPSA) is 41.6 Å². The number of hydrogen-bond donors (Lipinski definition) is 0. The van der Waals surface area contributed by atoms with Crippen LogP contribution in [0.5, 0.6) is 0 Å². The molecule has 0 N–H and O–H groups in total. The molecule has 1 aliphatic rings. The van der Waals surface area contributed by atoms with Gasteiger partial charge >= 0.3 is 0 Å². The van der Waals surface area contributed by atoms with E-state index in [0.29, 0.717) is 5.56 Å². The van der Waals surface area contributed by atoms with Gasteiger partial charge in [-0.1, -0.05) is 110 Å². The molecule has 0 saturated carbocycles. The summed E-state index contributed by atoms with van der Waals surface area (Å²) >= 11 is 0. The quantitative estimate of drug-likeness (QED) is 0.198. The molecule has 1 unspecified atom stereocenters. The molecule has 0 fully saturated rings. The molecular formula is C45H31N3. The average Bonchev–Trinajstić information content (AvgIpc) is 3.54. The predicted octanol–water partition coefficient (Wildman–Crippen LogP) is 9.46. The molecule has 1 aliphatic carbocycles. The van der Waals surface area contributed by atoms with E-state index in [0.717, 1.165) is 45.3 Å². The standard InChI is InChI=1S/C45H31N3/c1-45(22-21-37-25-34(16-18-39(37)28-45)33-14-13-31-23-30(29-46)11-12-32(31)24-33)40-20-19-35-26-38(17-15-36(35)27-40)44-47-42-9-5-6-10-43(42)48(44)41-7-3-2-4-8-41/h2-21,23-28H,22H2,1H3. The smallest absolute Gasteiger partial charge is 0.145 e. The molecule has 0 amide bonds. The summed E-state index contributed by atoms with van der Waals surface area (Å²) in [5.41, 5.74) is 8.58. The lowest BCUT2D eigenvalue weighted by Gasteiger charge is -2.28. The summed E-state index contributed by atoms with van der Waals surface area (Å²) in [5, 5.41) is 16.5. The lowest BCUT2D eigenvalue weighted by Crippen LogP contribution is -2.34. The Labute approximate surface area is 279 Å². The number of fused-ring (bicyclic) bond motifs is 4. The van der Waals surface area contributed by atoms with Crippen molar-refractivity contribution in [1.82, 2.24) is 9.55 Å². The fourth-order valence-electron chi connectivity index (χ4n) is 7.28. The average molecular weight is 614 g/mol. The highest BCUT2D eigenvalue weighted by atomic mass is 15.1. The summed E-state index contributed by atoms with van der Waals surface area (Å²) in [4.78, 5) is 5.08. The van der Waals surface area contributed by atoms with Crippen LogP contribution in [0.15, 0.2) is 146 Å². The molecule has 9 rings (SSSR count). The van der Waals surface area contributed by atoms with E-state index < -0.39 is 0 Å². The summed E-state index contributed by atoms with van der Waals surface area (Å²) in [6, 6.07) is 53.8.